The lowest BCUT2D eigenvalue weighted by molar-refractivity contribution is 0.0476. The fourth-order valence-electron chi connectivity index (χ4n) is 2.62. The summed E-state index contributed by atoms with van der Waals surface area (Å²) in [6.07, 6.45) is 0. The molecule has 23 heavy (non-hydrogen) atoms. The monoisotopic (exact) mass is 328 g/mol. The molecule has 3 nitrogen and oxygen atoms in total. The summed E-state index contributed by atoms with van der Waals surface area (Å²) >= 11 is 0. The maximum atomic E-state index is 13.2. The van der Waals surface area contributed by atoms with E-state index in [1.165, 1.54) is 0 Å². The Balaban J connectivity index is 2.46. The van der Waals surface area contributed by atoms with Crippen molar-refractivity contribution < 1.29 is 14.0 Å². The van der Waals surface area contributed by atoms with Gasteiger partial charge < -0.3 is 9.16 Å². The van der Waals surface area contributed by atoms with Crippen LogP contribution < -0.4 is 4.74 Å². The van der Waals surface area contributed by atoms with Gasteiger partial charge in [-0.15, -0.1) is 0 Å². The molecule has 0 aliphatic carbocycles. The highest BCUT2D eigenvalue weighted by Gasteiger charge is 2.40. The van der Waals surface area contributed by atoms with Crippen LogP contribution in [0.25, 0.3) is 0 Å². The van der Waals surface area contributed by atoms with E-state index in [0.717, 1.165) is 11.3 Å². The van der Waals surface area contributed by atoms with Crippen molar-refractivity contribution in [2.75, 3.05) is 7.11 Å². The topological polar surface area (TPSA) is 35.5 Å². The van der Waals surface area contributed by atoms with Crippen molar-refractivity contribution in [3.63, 3.8) is 0 Å². The van der Waals surface area contributed by atoms with Gasteiger partial charge in [0.2, 0.25) is 0 Å². The molecule has 0 saturated heterocycles. The molecule has 0 amide bonds. The van der Waals surface area contributed by atoms with Gasteiger partial charge in [-0.05, 0) is 56.4 Å². The zero-order valence-electron chi connectivity index (χ0n) is 14.4. The lowest BCUT2D eigenvalue weighted by Gasteiger charge is -2.35. The largest absolute Gasteiger partial charge is 0.497 e. The smallest absolute Gasteiger partial charge is 0.197 e. The summed E-state index contributed by atoms with van der Waals surface area (Å²) in [5.74, 6) is 0.697. The molecule has 1 atom stereocenters. The Labute approximate surface area is 139 Å². The summed E-state index contributed by atoms with van der Waals surface area (Å²) in [6, 6.07) is 16.9. The van der Waals surface area contributed by atoms with Crippen molar-refractivity contribution in [3.8, 4) is 5.75 Å². The third-order valence-electron chi connectivity index (χ3n) is 3.62. The van der Waals surface area contributed by atoms with Crippen LogP contribution in [0.15, 0.2) is 54.6 Å². The standard InChI is InChI=1S/C19H24O3Si/c1-19(22-23(3,4)5,16-9-7-6-8-10-16)18(20)15-11-13-17(21-2)14-12-15/h6-14H,1-5H3/t19-/m0/s1. The third kappa shape index (κ3) is 4.09. The molecule has 0 radical (unpaired) electrons. The minimum Gasteiger partial charge on any atom is -0.497 e. The molecule has 2 rings (SSSR count). The van der Waals surface area contributed by atoms with E-state index in [2.05, 4.69) is 19.6 Å². The first-order valence-corrected chi connectivity index (χ1v) is 11.1. The van der Waals surface area contributed by atoms with Gasteiger partial charge in [0.05, 0.1) is 7.11 Å². The number of hydrogen-bond donors (Lipinski definition) is 0. The van der Waals surface area contributed by atoms with Crippen LogP contribution in [0.3, 0.4) is 0 Å². The van der Waals surface area contributed by atoms with Gasteiger partial charge in [0.15, 0.2) is 14.1 Å². The van der Waals surface area contributed by atoms with Crippen LogP contribution in [-0.4, -0.2) is 21.2 Å². The van der Waals surface area contributed by atoms with Gasteiger partial charge in [0.25, 0.3) is 0 Å². The van der Waals surface area contributed by atoms with E-state index in [1.54, 1.807) is 31.4 Å². The molecule has 0 aromatic heterocycles. The van der Waals surface area contributed by atoms with E-state index in [-0.39, 0.29) is 5.78 Å². The first-order chi connectivity index (χ1) is 10.8. The molecule has 0 aliphatic heterocycles. The predicted molar refractivity (Wildman–Crippen MR) is 95.5 cm³/mol. The molecule has 2 aromatic rings. The van der Waals surface area contributed by atoms with Crippen LogP contribution >= 0.6 is 0 Å². The summed E-state index contributed by atoms with van der Waals surface area (Å²) in [5, 5.41) is 0. The average Bonchev–Trinajstić information content (AvgIpc) is 2.53. The van der Waals surface area contributed by atoms with E-state index in [9.17, 15) is 4.79 Å². The van der Waals surface area contributed by atoms with Crippen LogP contribution in [-0.2, 0) is 10.0 Å². The summed E-state index contributed by atoms with van der Waals surface area (Å²) in [7, 11) is -0.324. The molecule has 0 heterocycles. The molecule has 0 fully saturated rings. The summed E-state index contributed by atoms with van der Waals surface area (Å²) in [5.41, 5.74) is 0.513. The second-order valence-corrected chi connectivity index (χ2v) is 11.1. The molecule has 0 bridgehead atoms. The van der Waals surface area contributed by atoms with Gasteiger partial charge in [0, 0.05) is 5.56 Å². The van der Waals surface area contributed by atoms with Gasteiger partial charge in [-0.3, -0.25) is 4.79 Å². The Morgan fingerprint density at radius 1 is 0.957 bits per heavy atom. The predicted octanol–water partition coefficient (Wildman–Crippen LogP) is 4.64. The maximum absolute atomic E-state index is 13.2. The fourth-order valence-corrected chi connectivity index (χ4v) is 4.06. The van der Waals surface area contributed by atoms with Crippen LogP contribution in [0, 0.1) is 0 Å². The molecule has 0 N–H and O–H groups in total. The highest BCUT2D eigenvalue weighted by molar-refractivity contribution is 6.70. The number of carbonyl (C=O) groups excluding carboxylic acids is 1. The van der Waals surface area contributed by atoms with E-state index in [4.69, 9.17) is 9.16 Å². The number of benzene rings is 2. The molecule has 2 aromatic carbocycles. The Morgan fingerprint density at radius 2 is 1.52 bits per heavy atom. The van der Waals surface area contributed by atoms with Crippen molar-refractivity contribution in [1.82, 2.24) is 0 Å². The second kappa shape index (κ2) is 6.68. The molecular formula is C19H24O3Si. The fraction of sp³-hybridized carbons (Fsp3) is 0.316. The first-order valence-electron chi connectivity index (χ1n) is 7.71. The van der Waals surface area contributed by atoms with Crippen molar-refractivity contribution in [1.29, 1.82) is 0 Å². The number of rotatable bonds is 6. The van der Waals surface area contributed by atoms with Crippen LogP contribution in [0.5, 0.6) is 5.75 Å². The number of carbonyl (C=O) groups is 1. The zero-order valence-corrected chi connectivity index (χ0v) is 15.4. The Bertz CT molecular complexity index is 659. The quantitative estimate of drug-likeness (QED) is 0.572. The van der Waals surface area contributed by atoms with Gasteiger partial charge in [-0.25, -0.2) is 0 Å². The lowest BCUT2D eigenvalue weighted by atomic mass is 9.88. The number of Topliss-reactive ketones (excluding diaryl/α,β-unsaturated/α-hetero) is 1. The number of hydrogen-bond acceptors (Lipinski definition) is 3. The summed E-state index contributed by atoms with van der Waals surface area (Å²) < 4.78 is 11.5. The zero-order chi connectivity index (χ0) is 17.1. The van der Waals surface area contributed by atoms with E-state index in [0.29, 0.717) is 5.56 Å². The maximum Gasteiger partial charge on any atom is 0.197 e. The molecule has 0 unspecified atom stereocenters. The van der Waals surface area contributed by atoms with Gasteiger partial charge in [0.1, 0.15) is 11.4 Å². The Kier molecular flexibility index (Phi) is 5.07. The van der Waals surface area contributed by atoms with Crippen molar-refractivity contribution in [3.05, 3.63) is 65.7 Å². The molecule has 0 saturated carbocycles. The molecular weight excluding hydrogens is 304 g/mol. The minimum absolute atomic E-state index is 0.0335. The summed E-state index contributed by atoms with van der Waals surface area (Å²) in [6.45, 7) is 8.15. The average molecular weight is 328 g/mol. The van der Waals surface area contributed by atoms with Gasteiger partial charge in [-0.2, -0.15) is 0 Å². The van der Waals surface area contributed by atoms with Crippen LogP contribution in [0.2, 0.25) is 19.6 Å². The van der Waals surface area contributed by atoms with Gasteiger partial charge >= 0.3 is 0 Å². The second-order valence-electron chi connectivity index (χ2n) is 6.67. The van der Waals surface area contributed by atoms with E-state index >= 15 is 0 Å². The Morgan fingerprint density at radius 3 is 2.00 bits per heavy atom. The number of methoxy groups -OCH3 is 1. The molecule has 0 spiro atoms. The van der Waals surface area contributed by atoms with Gasteiger partial charge in [-0.1, -0.05) is 30.3 Å². The highest BCUT2D eigenvalue weighted by Crippen LogP contribution is 2.33. The van der Waals surface area contributed by atoms with Crippen molar-refractivity contribution in [2.45, 2.75) is 32.2 Å². The lowest BCUT2D eigenvalue weighted by Crippen LogP contribution is -2.44. The SMILES string of the molecule is COc1ccc(C(=O)[C@@](C)(O[Si](C)(C)C)c2ccccc2)cc1. The van der Waals surface area contributed by atoms with Crippen molar-refractivity contribution in [2.24, 2.45) is 0 Å². The number of ether oxygens (including phenoxy) is 1. The van der Waals surface area contributed by atoms with Crippen molar-refractivity contribution >= 4 is 14.1 Å². The summed E-state index contributed by atoms with van der Waals surface area (Å²) in [4.78, 5) is 13.2. The van der Waals surface area contributed by atoms with Crippen LogP contribution in [0.4, 0.5) is 0 Å². The highest BCUT2D eigenvalue weighted by atomic mass is 28.4. The Hall–Kier alpha value is -1.91. The third-order valence-corrected chi connectivity index (χ3v) is 4.64. The normalized spacial score (nSPS) is 14.1. The minimum atomic E-state index is -1.93. The number of ketones is 1. The first kappa shape index (κ1) is 17.4. The molecule has 4 heteroatoms. The van der Waals surface area contributed by atoms with E-state index < -0.39 is 13.9 Å². The van der Waals surface area contributed by atoms with E-state index in [1.807, 2.05) is 37.3 Å². The van der Waals surface area contributed by atoms with Crippen LogP contribution in [0.1, 0.15) is 22.8 Å². The molecule has 0 aliphatic rings. The molecule has 122 valence electrons.